The predicted octanol–water partition coefficient (Wildman–Crippen LogP) is 4.72. The minimum atomic E-state index is -0.318. The second-order valence-electron chi connectivity index (χ2n) is 5.41. The molecule has 0 heterocycles. The van der Waals surface area contributed by atoms with E-state index in [4.69, 9.17) is 0 Å². The Bertz CT molecular complexity index is 343. The first-order chi connectivity index (χ1) is 10.7. The summed E-state index contributed by atoms with van der Waals surface area (Å²) in [4.78, 5) is 10.9. The van der Waals surface area contributed by atoms with Crippen LogP contribution in [0.1, 0.15) is 64.7 Å². The molecule has 0 aliphatic rings. The smallest absolute Gasteiger partial charge is 0.305 e. The summed E-state index contributed by atoms with van der Waals surface area (Å²) >= 11 is 0. The zero-order chi connectivity index (χ0) is 16.5. The van der Waals surface area contributed by atoms with Crippen LogP contribution in [0.4, 0.5) is 0 Å². The molecule has 3 nitrogen and oxygen atoms in total. The number of methoxy groups -OCH3 is 1. The Kier molecular flexibility index (Phi) is 15.0. The van der Waals surface area contributed by atoms with Crippen LogP contribution in [0, 0.1) is 0 Å². The van der Waals surface area contributed by atoms with Crippen LogP contribution in [0.5, 0.6) is 0 Å². The van der Waals surface area contributed by atoms with Gasteiger partial charge in [0.05, 0.1) is 13.2 Å². The SMILES string of the molecule is CCCCCC(O)/C=C/C=C/C/C=C\CCCCC(=O)OC. The Morgan fingerprint density at radius 1 is 1.09 bits per heavy atom. The van der Waals surface area contributed by atoms with Gasteiger partial charge in [0.15, 0.2) is 0 Å². The standard InChI is InChI=1S/C19H32O3/c1-3-4-12-15-18(20)16-13-10-8-6-5-7-9-11-14-17-19(21)22-2/h5,7-8,10,13,16,18,20H,3-4,6,9,11-12,14-15,17H2,1-2H3/b7-5-,10-8+,16-13+. The van der Waals surface area contributed by atoms with E-state index in [1.165, 1.54) is 20.0 Å². The van der Waals surface area contributed by atoms with Gasteiger partial charge in [0.2, 0.25) is 0 Å². The van der Waals surface area contributed by atoms with E-state index < -0.39 is 0 Å². The molecule has 0 rings (SSSR count). The van der Waals surface area contributed by atoms with E-state index >= 15 is 0 Å². The molecule has 0 bridgehead atoms. The molecular weight excluding hydrogens is 276 g/mol. The summed E-state index contributed by atoms with van der Waals surface area (Å²) in [5.41, 5.74) is 0. The molecule has 0 aromatic carbocycles. The maximum atomic E-state index is 10.9. The van der Waals surface area contributed by atoms with Crippen LogP contribution in [0.2, 0.25) is 0 Å². The maximum absolute atomic E-state index is 10.9. The van der Waals surface area contributed by atoms with Crippen LogP contribution >= 0.6 is 0 Å². The van der Waals surface area contributed by atoms with Gasteiger partial charge in [-0.2, -0.15) is 0 Å². The Balaban J connectivity index is 3.52. The number of allylic oxidation sites excluding steroid dienone is 5. The van der Waals surface area contributed by atoms with Crippen LogP contribution in [-0.4, -0.2) is 24.3 Å². The first kappa shape index (κ1) is 20.6. The molecule has 0 aliphatic heterocycles. The molecule has 0 saturated heterocycles. The van der Waals surface area contributed by atoms with Crippen molar-refractivity contribution in [3.8, 4) is 0 Å². The molecule has 0 aromatic heterocycles. The van der Waals surface area contributed by atoms with E-state index in [1.807, 2.05) is 18.2 Å². The van der Waals surface area contributed by atoms with Gasteiger partial charge in [-0.25, -0.2) is 0 Å². The van der Waals surface area contributed by atoms with E-state index in [9.17, 15) is 9.90 Å². The molecular formula is C19H32O3. The fourth-order valence-corrected chi connectivity index (χ4v) is 1.98. The second-order valence-corrected chi connectivity index (χ2v) is 5.41. The van der Waals surface area contributed by atoms with Gasteiger partial charge in [0, 0.05) is 6.42 Å². The average Bonchev–Trinajstić information content (AvgIpc) is 2.52. The third-order valence-electron chi connectivity index (χ3n) is 3.35. The molecule has 1 atom stereocenters. The molecule has 0 radical (unpaired) electrons. The van der Waals surface area contributed by atoms with Crippen LogP contribution in [0.3, 0.4) is 0 Å². The van der Waals surface area contributed by atoms with Crippen molar-refractivity contribution in [1.29, 1.82) is 0 Å². The number of hydrogen-bond acceptors (Lipinski definition) is 3. The Labute approximate surface area is 135 Å². The van der Waals surface area contributed by atoms with Crippen LogP contribution < -0.4 is 0 Å². The number of hydrogen-bond donors (Lipinski definition) is 1. The highest BCUT2D eigenvalue weighted by molar-refractivity contribution is 5.68. The number of carbonyl (C=O) groups is 1. The number of aliphatic hydroxyl groups excluding tert-OH is 1. The molecule has 1 N–H and O–H groups in total. The topological polar surface area (TPSA) is 46.5 Å². The lowest BCUT2D eigenvalue weighted by Crippen LogP contribution is -2.00. The van der Waals surface area contributed by atoms with Crippen molar-refractivity contribution in [2.45, 2.75) is 70.8 Å². The summed E-state index contributed by atoms with van der Waals surface area (Å²) in [5.74, 6) is -0.129. The number of carbonyl (C=O) groups excluding carboxylic acids is 1. The van der Waals surface area contributed by atoms with Crippen molar-refractivity contribution < 1.29 is 14.6 Å². The molecule has 0 saturated carbocycles. The Morgan fingerprint density at radius 3 is 2.64 bits per heavy atom. The van der Waals surface area contributed by atoms with Gasteiger partial charge in [0.1, 0.15) is 0 Å². The molecule has 22 heavy (non-hydrogen) atoms. The molecule has 0 fully saturated rings. The van der Waals surface area contributed by atoms with E-state index in [1.54, 1.807) is 0 Å². The fraction of sp³-hybridized carbons (Fsp3) is 0.632. The summed E-state index contributed by atoms with van der Waals surface area (Å²) in [6, 6.07) is 0. The summed E-state index contributed by atoms with van der Waals surface area (Å²) in [6.45, 7) is 2.16. The van der Waals surface area contributed by atoms with Crippen molar-refractivity contribution in [3.63, 3.8) is 0 Å². The van der Waals surface area contributed by atoms with Crippen molar-refractivity contribution in [2.75, 3.05) is 7.11 Å². The molecule has 0 spiro atoms. The lowest BCUT2D eigenvalue weighted by molar-refractivity contribution is -0.140. The van der Waals surface area contributed by atoms with Crippen LogP contribution in [-0.2, 0) is 9.53 Å². The predicted molar refractivity (Wildman–Crippen MR) is 92.7 cm³/mol. The molecule has 1 unspecified atom stereocenters. The number of aliphatic hydroxyl groups is 1. The third-order valence-corrected chi connectivity index (χ3v) is 3.35. The lowest BCUT2D eigenvalue weighted by Gasteiger charge is -2.02. The average molecular weight is 308 g/mol. The largest absolute Gasteiger partial charge is 0.469 e. The third kappa shape index (κ3) is 15.0. The van der Waals surface area contributed by atoms with Gasteiger partial charge in [-0.05, 0) is 32.1 Å². The van der Waals surface area contributed by atoms with Gasteiger partial charge < -0.3 is 9.84 Å². The van der Waals surface area contributed by atoms with Crippen molar-refractivity contribution >= 4 is 5.97 Å². The minimum absolute atomic E-state index is 0.129. The van der Waals surface area contributed by atoms with Crippen LogP contribution in [0.15, 0.2) is 36.5 Å². The summed E-state index contributed by atoms with van der Waals surface area (Å²) in [6.07, 6.45) is 20.4. The molecule has 0 aliphatic carbocycles. The van der Waals surface area contributed by atoms with E-state index in [0.717, 1.165) is 38.5 Å². The number of ether oxygens (including phenoxy) is 1. The van der Waals surface area contributed by atoms with Gasteiger partial charge in [-0.15, -0.1) is 0 Å². The minimum Gasteiger partial charge on any atom is -0.469 e. The normalized spacial score (nSPS) is 13.4. The summed E-state index contributed by atoms with van der Waals surface area (Å²) in [7, 11) is 1.42. The van der Waals surface area contributed by atoms with E-state index in [-0.39, 0.29) is 12.1 Å². The van der Waals surface area contributed by atoms with E-state index in [2.05, 4.69) is 29.9 Å². The van der Waals surface area contributed by atoms with Crippen LogP contribution in [0.25, 0.3) is 0 Å². The monoisotopic (exact) mass is 308 g/mol. The number of unbranched alkanes of at least 4 members (excludes halogenated alkanes) is 4. The molecule has 0 aromatic rings. The zero-order valence-electron chi connectivity index (χ0n) is 14.2. The fourth-order valence-electron chi connectivity index (χ4n) is 1.98. The highest BCUT2D eigenvalue weighted by Crippen LogP contribution is 2.04. The molecule has 126 valence electrons. The second kappa shape index (κ2) is 16.0. The Morgan fingerprint density at radius 2 is 1.91 bits per heavy atom. The quantitative estimate of drug-likeness (QED) is 0.232. The summed E-state index contributed by atoms with van der Waals surface area (Å²) in [5, 5.41) is 9.69. The van der Waals surface area contributed by atoms with Gasteiger partial charge in [-0.3, -0.25) is 4.79 Å². The maximum Gasteiger partial charge on any atom is 0.305 e. The van der Waals surface area contributed by atoms with Crippen molar-refractivity contribution in [2.24, 2.45) is 0 Å². The van der Waals surface area contributed by atoms with Gasteiger partial charge in [0.25, 0.3) is 0 Å². The highest BCUT2D eigenvalue weighted by atomic mass is 16.5. The highest BCUT2D eigenvalue weighted by Gasteiger charge is 1.97. The molecule has 0 amide bonds. The van der Waals surface area contributed by atoms with Gasteiger partial charge in [-0.1, -0.05) is 62.6 Å². The van der Waals surface area contributed by atoms with Crippen molar-refractivity contribution in [1.82, 2.24) is 0 Å². The van der Waals surface area contributed by atoms with Crippen molar-refractivity contribution in [3.05, 3.63) is 36.5 Å². The molecule has 3 heteroatoms. The number of rotatable bonds is 13. The van der Waals surface area contributed by atoms with Gasteiger partial charge >= 0.3 is 5.97 Å². The lowest BCUT2D eigenvalue weighted by atomic mass is 10.1. The first-order valence-corrected chi connectivity index (χ1v) is 8.44. The number of esters is 1. The van der Waals surface area contributed by atoms with E-state index in [0.29, 0.717) is 6.42 Å². The first-order valence-electron chi connectivity index (χ1n) is 8.44. The Hall–Kier alpha value is -1.35. The zero-order valence-corrected chi connectivity index (χ0v) is 14.2. The summed E-state index contributed by atoms with van der Waals surface area (Å²) < 4.78 is 4.59.